The fourth-order valence-electron chi connectivity index (χ4n) is 4.08. The van der Waals surface area contributed by atoms with E-state index in [9.17, 15) is 4.79 Å². The molecular weight excluding hydrogens is 422 g/mol. The lowest BCUT2D eigenvalue weighted by Gasteiger charge is -2.14. The van der Waals surface area contributed by atoms with E-state index in [0.717, 1.165) is 27.9 Å². The van der Waals surface area contributed by atoms with Gasteiger partial charge in [0.1, 0.15) is 17.0 Å². The van der Waals surface area contributed by atoms with E-state index < -0.39 is 5.97 Å². The fraction of sp³-hybridized carbons (Fsp3) is 0.0769. The molecule has 0 aliphatic carbocycles. The first kappa shape index (κ1) is 20.1. The summed E-state index contributed by atoms with van der Waals surface area (Å²) >= 11 is 6.35. The van der Waals surface area contributed by atoms with E-state index in [0.29, 0.717) is 21.6 Å². The second kappa shape index (κ2) is 8.02. The topological polar surface area (TPSA) is 69.6 Å². The van der Waals surface area contributed by atoms with E-state index in [2.05, 4.69) is 0 Å². The fourth-order valence-corrected chi connectivity index (χ4v) is 4.25. The molecule has 5 aromatic rings. The van der Waals surface area contributed by atoms with Crippen molar-refractivity contribution in [2.45, 2.75) is 6.92 Å². The van der Waals surface area contributed by atoms with Gasteiger partial charge in [0.25, 0.3) is 0 Å². The zero-order valence-electron chi connectivity index (χ0n) is 17.4. The van der Waals surface area contributed by atoms with Gasteiger partial charge in [0.05, 0.1) is 18.0 Å². The number of anilines is 1. The quantitative estimate of drug-likeness (QED) is 0.335. The molecule has 5 nitrogen and oxygen atoms in total. The summed E-state index contributed by atoms with van der Waals surface area (Å²) in [7, 11) is 0. The maximum absolute atomic E-state index is 13.0. The molecule has 0 saturated heterocycles. The van der Waals surface area contributed by atoms with Crippen molar-refractivity contribution in [3.63, 3.8) is 0 Å². The van der Waals surface area contributed by atoms with E-state index in [1.54, 1.807) is 19.1 Å². The van der Waals surface area contributed by atoms with Gasteiger partial charge in [-0.1, -0.05) is 78.3 Å². The molecule has 0 unspecified atom stereocenters. The maximum Gasteiger partial charge on any atom is 0.342 e. The van der Waals surface area contributed by atoms with Crippen LogP contribution in [0.5, 0.6) is 0 Å². The minimum atomic E-state index is -0.479. The lowest BCUT2D eigenvalue weighted by Crippen LogP contribution is -2.13. The van der Waals surface area contributed by atoms with E-state index in [1.807, 2.05) is 71.1 Å². The number of nitrogen functional groups attached to an aromatic ring is 1. The van der Waals surface area contributed by atoms with Crippen molar-refractivity contribution >= 4 is 39.8 Å². The van der Waals surface area contributed by atoms with Crippen LogP contribution in [0.4, 0.5) is 5.82 Å². The summed E-state index contributed by atoms with van der Waals surface area (Å²) in [5, 5.41) is 1.93. The molecule has 6 heteroatoms. The third kappa shape index (κ3) is 3.18. The van der Waals surface area contributed by atoms with Gasteiger partial charge >= 0.3 is 5.97 Å². The van der Waals surface area contributed by atoms with Gasteiger partial charge in [-0.25, -0.2) is 9.78 Å². The number of ether oxygens (including phenoxy) is 1. The van der Waals surface area contributed by atoms with Crippen LogP contribution in [0.3, 0.4) is 0 Å². The number of pyridine rings is 1. The van der Waals surface area contributed by atoms with Gasteiger partial charge in [-0.2, -0.15) is 0 Å². The van der Waals surface area contributed by atoms with Crippen molar-refractivity contribution in [2.24, 2.45) is 0 Å². The molecule has 32 heavy (non-hydrogen) atoms. The highest BCUT2D eigenvalue weighted by atomic mass is 35.5. The number of hydrogen-bond donors (Lipinski definition) is 1. The molecule has 0 spiro atoms. The second-order valence-electron chi connectivity index (χ2n) is 7.37. The molecule has 0 aliphatic rings. The normalized spacial score (nSPS) is 11.2. The van der Waals surface area contributed by atoms with Crippen LogP contribution in [0.25, 0.3) is 38.9 Å². The summed E-state index contributed by atoms with van der Waals surface area (Å²) < 4.78 is 7.18. The lowest BCUT2D eigenvalue weighted by atomic mass is 10.0. The van der Waals surface area contributed by atoms with Crippen molar-refractivity contribution in [1.29, 1.82) is 0 Å². The van der Waals surface area contributed by atoms with Crippen LogP contribution in [0.2, 0.25) is 5.02 Å². The van der Waals surface area contributed by atoms with Gasteiger partial charge in [-0.05, 0) is 19.1 Å². The smallest absolute Gasteiger partial charge is 0.342 e. The van der Waals surface area contributed by atoms with E-state index >= 15 is 0 Å². The van der Waals surface area contributed by atoms with Gasteiger partial charge in [-0.3, -0.25) is 4.40 Å². The first-order valence-electron chi connectivity index (χ1n) is 10.3. The predicted molar refractivity (Wildman–Crippen MR) is 129 cm³/mol. The zero-order chi connectivity index (χ0) is 22.2. The molecule has 0 saturated carbocycles. The van der Waals surface area contributed by atoms with Crippen molar-refractivity contribution < 1.29 is 9.53 Å². The average Bonchev–Trinajstić information content (AvgIpc) is 3.22. The monoisotopic (exact) mass is 441 g/mol. The standard InChI is InChI=1S/C26H20ClN3O2/c1-2-32-26(31)21-19-14-13-18(27)15-20(19)25-29-22(16-9-5-3-6-10-16)23(30(25)24(21)28)17-11-7-4-8-12-17/h3-15H,2,28H2,1H3. The Labute approximate surface area is 190 Å². The van der Waals surface area contributed by atoms with Gasteiger partial charge in [-0.15, -0.1) is 0 Å². The Hall–Kier alpha value is -3.83. The number of benzene rings is 3. The summed E-state index contributed by atoms with van der Waals surface area (Å²) in [6.45, 7) is 2.02. The van der Waals surface area contributed by atoms with Crippen LogP contribution < -0.4 is 5.73 Å². The van der Waals surface area contributed by atoms with Gasteiger partial charge in [0, 0.05) is 26.9 Å². The van der Waals surface area contributed by atoms with Gasteiger partial charge < -0.3 is 10.5 Å². The molecule has 0 amide bonds. The Balaban J connectivity index is 2.00. The average molecular weight is 442 g/mol. The van der Waals surface area contributed by atoms with Gasteiger partial charge in [0.15, 0.2) is 0 Å². The van der Waals surface area contributed by atoms with E-state index in [-0.39, 0.29) is 12.4 Å². The number of fused-ring (bicyclic) bond motifs is 3. The molecular formula is C26H20ClN3O2. The number of nitrogens with zero attached hydrogens (tertiary/aromatic N) is 2. The number of halogens is 1. The van der Waals surface area contributed by atoms with Crippen LogP contribution in [-0.2, 0) is 4.74 Å². The van der Waals surface area contributed by atoms with Crippen LogP contribution in [0.15, 0.2) is 78.9 Å². The summed E-state index contributed by atoms with van der Waals surface area (Å²) in [6.07, 6.45) is 0. The number of esters is 1. The molecule has 2 aromatic heterocycles. The van der Waals surface area contributed by atoms with Crippen molar-refractivity contribution in [3.8, 4) is 22.5 Å². The van der Waals surface area contributed by atoms with Crippen molar-refractivity contribution in [2.75, 3.05) is 12.3 Å². The minimum Gasteiger partial charge on any atom is -0.462 e. The minimum absolute atomic E-state index is 0.246. The van der Waals surface area contributed by atoms with Crippen LogP contribution in [-0.4, -0.2) is 22.0 Å². The molecule has 0 radical (unpaired) electrons. The molecule has 0 fully saturated rings. The summed E-state index contributed by atoms with van der Waals surface area (Å²) in [6, 6.07) is 25.1. The SMILES string of the molecule is CCOC(=O)c1c(N)n2c(-c3ccccc3)c(-c3ccccc3)nc2c2cc(Cl)ccc12. The van der Waals surface area contributed by atoms with Crippen molar-refractivity contribution in [1.82, 2.24) is 9.38 Å². The summed E-state index contributed by atoms with van der Waals surface area (Å²) in [4.78, 5) is 18.0. The number of carbonyl (C=O) groups is 1. The van der Waals surface area contributed by atoms with Gasteiger partial charge in [0.2, 0.25) is 0 Å². The van der Waals surface area contributed by atoms with Crippen molar-refractivity contribution in [3.05, 3.63) is 89.4 Å². The maximum atomic E-state index is 13.0. The Morgan fingerprint density at radius 1 is 0.969 bits per heavy atom. The Kier molecular flexibility index (Phi) is 5.04. The van der Waals surface area contributed by atoms with E-state index in [4.69, 9.17) is 27.1 Å². The highest BCUT2D eigenvalue weighted by Crippen LogP contribution is 2.39. The van der Waals surface area contributed by atoms with Crippen LogP contribution in [0, 0.1) is 0 Å². The lowest BCUT2D eigenvalue weighted by molar-refractivity contribution is 0.0529. The molecule has 0 bridgehead atoms. The Morgan fingerprint density at radius 3 is 2.28 bits per heavy atom. The predicted octanol–water partition coefficient (Wildman–Crippen LogP) is 6.23. The molecule has 0 aliphatic heterocycles. The third-order valence-electron chi connectivity index (χ3n) is 5.44. The van der Waals surface area contributed by atoms with Crippen LogP contribution >= 0.6 is 11.6 Å². The number of hydrogen-bond acceptors (Lipinski definition) is 4. The first-order valence-corrected chi connectivity index (χ1v) is 10.7. The number of aromatic nitrogens is 2. The highest BCUT2D eigenvalue weighted by Gasteiger charge is 2.25. The Bertz CT molecular complexity index is 1460. The molecule has 0 atom stereocenters. The zero-order valence-corrected chi connectivity index (χ0v) is 18.1. The highest BCUT2D eigenvalue weighted by molar-refractivity contribution is 6.32. The largest absolute Gasteiger partial charge is 0.462 e. The number of imidazole rings is 1. The number of carbonyl (C=O) groups excluding carboxylic acids is 1. The first-order chi connectivity index (χ1) is 15.6. The number of rotatable bonds is 4. The Morgan fingerprint density at radius 2 is 1.62 bits per heavy atom. The second-order valence-corrected chi connectivity index (χ2v) is 7.81. The van der Waals surface area contributed by atoms with E-state index in [1.165, 1.54) is 0 Å². The summed E-state index contributed by atoms with van der Waals surface area (Å²) in [5.41, 5.74) is 11.1. The molecule has 3 aromatic carbocycles. The molecule has 2 heterocycles. The molecule has 158 valence electrons. The van der Waals surface area contributed by atoms with Crippen LogP contribution in [0.1, 0.15) is 17.3 Å². The third-order valence-corrected chi connectivity index (χ3v) is 5.68. The summed E-state index contributed by atoms with van der Waals surface area (Å²) in [5.74, 6) is -0.199. The number of nitrogens with two attached hydrogens (primary N) is 1. The molecule has 5 rings (SSSR count). The molecule has 2 N–H and O–H groups in total.